The molecule has 1 N–H and O–H groups in total. The summed E-state index contributed by atoms with van der Waals surface area (Å²) in [6, 6.07) is 8.00. The van der Waals surface area contributed by atoms with E-state index in [1.54, 1.807) is 18.2 Å². The smallest absolute Gasteiger partial charge is 0.202 e. The normalized spacial score (nSPS) is 17.3. The highest BCUT2D eigenvalue weighted by Gasteiger charge is 2.40. The van der Waals surface area contributed by atoms with E-state index in [0.717, 1.165) is 0 Å². The van der Waals surface area contributed by atoms with Crippen molar-refractivity contribution >= 4 is 5.78 Å². The molecule has 0 saturated heterocycles. The highest BCUT2D eigenvalue weighted by atomic mass is 16.7. The maximum atomic E-state index is 13.1. The van der Waals surface area contributed by atoms with Gasteiger partial charge in [-0.1, -0.05) is 6.07 Å². The van der Waals surface area contributed by atoms with Crippen molar-refractivity contribution in [2.24, 2.45) is 0 Å². The van der Waals surface area contributed by atoms with Gasteiger partial charge in [0.2, 0.25) is 5.78 Å². The molecule has 10 heteroatoms. The fourth-order valence-corrected chi connectivity index (χ4v) is 3.19. The van der Waals surface area contributed by atoms with Crippen molar-refractivity contribution in [2.75, 3.05) is 48.8 Å². The Balaban J connectivity index is 2.00. The van der Waals surface area contributed by atoms with Crippen LogP contribution in [-0.2, 0) is 14.2 Å². The van der Waals surface area contributed by atoms with Gasteiger partial charge in [-0.15, -0.1) is 0 Å². The molecule has 2 aromatic rings. The molecule has 0 fully saturated rings. The van der Waals surface area contributed by atoms with Gasteiger partial charge in [0, 0.05) is 33.5 Å². The Bertz CT molecular complexity index is 929. The number of carbonyl (C=O) groups is 1. The summed E-state index contributed by atoms with van der Waals surface area (Å²) in [7, 11) is 5.93. The van der Waals surface area contributed by atoms with Gasteiger partial charge in [0.25, 0.3) is 0 Å². The molecule has 0 amide bonds. The number of ketones is 1. The Hall–Kier alpha value is -3.05. The van der Waals surface area contributed by atoms with Crippen molar-refractivity contribution in [3.05, 3.63) is 41.5 Å². The van der Waals surface area contributed by atoms with Gasteiger partial charge in [0.1, 0.15) is 22.8 Å². The van der Waals surface area contributed by atoms with Crippen LogP contribution >= 0.6 is 0 Å². The van der Waals surface area contributed by atoms with E-state index in [1.165, 1.54) is 40.6 Å². The zero-order chi connectivity index (χ0) is 23.1. The molecule has 174 valence electrons. The first-order chi connectivity index (χ1) is 15.5. The Kier molecular flexibility index (Phi) is 8.12. The SMILES string of the molecule is COCOc1cc(OCOC)c2c(c1)O[C@@H](c1ccc(OC)c(OCOC)c1)[C@H](O)C2=O. The van der Waals surface area contributed by atoms with E-state index >= 15 is 0 Å². The second-order valence-electron chi connectivity index (χ2n) is 6.70. The molecule has 2 aromatic carbocycles. The van der Waals surface area contributed by atoms with E-state index < -0.39 is 18.0 Å². The molecule has 1 heterocycles. The molecule has 0 bridgehead atoms. The molecule has 0 saturated carbocycles. The lowest BCUT2D eigenvalue weighted by atomic mass is 9.92. The molecule has 0 spiro atoms. The number of benzene rings is 2. The zero-order valence-electron chi connectivity index (χ0n) is 18.3. The number of carbonyl (C=O) groups excluding carboxylic acids is 1. The first-order valence-corrected chi connectivity index (χ1v) is 9.64. The Labute approximate surface area is 185 Å². The van der Waals surface area contributed by atoms with Gasteiger partial charge in [-0.25, -0.2) is 0 Å². The number of hydrogen-bond donors (Lipinski definition) is 1. The average molecular weight is 450 g/mol. The maximum absolute atomic E-state index is 13.1. The van der Waals surface area contributed by atoms with Crippen molar-refractivity contribution in [3.8, 4) is 28.7 Å². The summed E-state index contributed by atoms with van der Waals surface area (Å²) >= 11 is 0. The molecule has 3 rings (SSSR count). The topological polar surface area (TPSA) is 111 Å². The largest absolute Gasteiger partial charge is 0.493 e. The van der Waals surface area contributed by atoms with Gasteiger partial charge in [-0.3, -0.25) is 4.79 Å². The number of ether oxygens (including phenoxy) is 8. The maximum Gasteiger partial charge on any atom is 0.202 e. The first-order valence-electron chi connectivity index (χ1n) is 9.64. The third-order valence-electron chi connectivity index (χ3n) is 4.62. The van der Waals surface area contributed by atoms with Crippen molar-refractivity contribution in [2.45, 2.75) is 12.2 Å². The van der Waals surface area contributed by atoms with Crippen LogP contribution in [0.2, 0.25) is 0 Å². The standard InChI is InChI=1S/C22H26O10/c1-25-10-29-14-8-17(31-12-27-3)19-18(9-14)32-22(21(24)20(19)23)13-5-6-15(28-4)16(7-13)30-11-26-2/h5-9,21-22,24H,10-12H2,1-4H3/t21-,22+/m1/s1. The van der Waals surface area contributed by atoms with E-state index in [-0.39, 0.29) is 37.4 Å². The molecule has 1 aliphatic rings. The van der Waals surface area contributed by atoms with Gasteiger partial charge in [0.15, 0.2) is 44.1 Å². The second kappa shape index (κ2) is 11.0. The zero-order valence-corrected chi connectivity index (χ0v) is 18.3. The van der Waals surface area contributed by atoms with Gasteiger partial charge in [0.05, 0.1) is 7.11 Å². The van der Waals surface area contributed by atoms with Crippen LogP contribution in [0.3, 0.4) is 0 Å². The number of fused-ring (bicyclic) bond motifs is 1. The summed E-state index contributed by atoms with van der Waals surface area (Å²) in [6.07, 6.45) is -2.49. The fourth-order valence-electron chi connectivity index (χ4n) is 3.19. The van der Waals surface area contributed by atoms with E-state index in [2.05, 4.69) is 0 Å². The minimum Gasteiger partial charge on any atom is -0.493 e. The van der Waals surface area contributed by atoms with Crippen LogP contribution in [0.15, 0.2) is 30.3 Å². The second-order valence-corrected chi connectivity index (χ2v) is 6.70. The molecule has 2 atom stereocenters. The molecule has 32 heavy (non-hydrogen) atoms. The first kappa shape index (κ1) is 23.6. The quantitative estimate of drug-likeness (QED) is 0.512. The molecule has 0 aromatic heterocycles. The predicted molar refractivity (Wildman–Crippen MR) is 111 cm³/mol. The molecular formula is C22H26O10. The Morgan fingerprint density at radius 3 is 2.16 bits per heavy atom. The van der Waals surface area contributed by atoms with Crippen LogP contribution in [0.5, 0.6) is 28.7 Å². The lowest BCUT2D eigenvalue weighted by Gasteiger charge is -2.31. The number of rotatable bonds is 11. The lowest BCUT2D eigenvalue weighted by Crippen LogP contribution is -2.36. The Morgan fingerprint density at radius 2 is 1.50 bits per heavy atom. The molecule has 0 aliphatic carbocycles. The number of Topliss-reactive ketones (excluding diaryl/α,β-unsaturated/α-hetero) is 1. The summed E-state index contributed by atoms with van der Waals surface area (Å²) in [4.78, 5) is 13.1. The summed E-state index contributed by atoms with van der Waals surface area (Å²) in [5, 5.41) is 10.8. The molecule has 1 aliphatic heterocycles. The van der Waals surface area contributed by atoms with Crippen LogP contribution < -0.4 is 23.7 Å². The van der Waals surface area contributed by atoms with E-state index in [1.807, 2.05) is 0 Å². The lowest BCUT2D eigenvalue weighted by molar-refractivity contribution is 0.0171. The van der Waals surface area contributed by atoms with E-state index in [9.17, 15) is 9.90 Å². The highest BCUT2D eigenvalue weighted by molar-refractivity contribution is 6.05. The van der Waals surface area contributed by atoms with Gasteiger partial charge in [-0.2, -0.15) is 0 Å². The summed E-state index contributed by atoms with van der Waals surface area (Å²) in [6.45, 7) is -0.122. The van der Waals surface area contributed by atoms with Crippen LogP contribution in [0.25, 0.3) is 0 Å². The van der Waals surface area contributed by atoms with E-state index in [4.69, 9.17) is 37.9 Å². The number of aliphatic hydroxyl groups excluding tert-OH is 1. The monoisotopic (exact) mass is 450 g/mol. The summed E-state index contributed by atoms with van der Waals surface area (Å²) in [5.74, 6) is 1.00. The minimum absolute atomic E-state index is 0.00392. The molecular weight excluding hydrogens is 424 g/mol. The Morgan fingerprint density at radius 1 is 0.844 bits per heavy atom. The van der Waals surface area contributed by atoms with Gasteiger partial charge >= 0.3 is 0 Å². The van der Waals surface area contributed by atoms with Crippen LogP contribution in [0.4, 0.5) is 0 Å². The number of aliphatic hydroxyl groups is 1. The molecule has 10 nitrogen and oxygen atoms in total. The number of hydrogen-bond acceptors (Lipinski definition) is 10. The summed E-state index contributed by atoms with van der Waals surface area (Å²) < 4.78 is 42.7. The van der Waals surface area contributed by atoms with Crippen LogP contribution in [0, 0.1) is 0 Å². The highest BCUT2D eigenvalue weighted by Crippen LogP contribution is 2.43. The minimum atomic E-state index is -1.48. The molecule has 0 unspecified atom stereocenters. The number of methoxy groups -OCH3 is 4. The van der Waals surface area contributed by atoms with Crippen molar-refractivity contribution < 1.29 is 47.8 Å². The predicted octanol–water partition coefficient (Wildman–Crippen LogP) is 2.32. The summed E-state index contributed by atoms with van der Waals surface area (Å²) in [5.41, 5.74) is 0.603. The average Bonchev–Trinajstić information content (AvgIpc) is 2.81. The van der Waals surface area contributed by atoms with Crippen LogP contribution in [0.1, 0.15) is 22.0 Å². The molecule has 0 radical (unpaired) electrons. The third-order valence-corrected chi connectivity index (χ3v) is 4.62. The van der Waals surface area contributed by atoms with Crippen molar-refractivity contribution in [1.29, 1.82) is 0 Å². The van der Waals surface area contributed by atoms with Gasteiger partial charge in [-0.05, 0) is 17.7 Å². The van der Waals surface area contributed by atoms with Gasteiger partial charge < -0.3 is 43.0 Å². The fraction of sp³-hybridized carbons (Fsp3) is 0.409. The van der Waals surface area contributed by atoms with Crippen LogP contribution in [-0.4, -0.2) is 65.8 Å². The van der Waals surface area contributed by atoms with Crippen molar-refractivity contribution in [1.82, 2.24) is 0 Å². The third kappa shape index (κ3) is 5.05. The van der Waals surface area contributed by atoms with Crippen molar-refractivity contribution in [3.63, 3.8) is 0 Å². The van der Waals surface area contributed by atoms with E-state index in [0.29, 0.717) is 22.8 Å².